The van der Waals surface area contributed by atoms with Crippen molar-refractivity contribution in [3.63, 3.8) is 0 Å². The Bertz CT molecular complexity index is 671. The second-order valence-corrected chi connectivity index (χ2v) is 7.15. The topological polar surface area (TPSA) is 33.1 Å². The summed E-state index contributed by atoms with van der Waals surface area (Å²) in [5.74, 6) is 0. The predicted molar refractivity (Wildman–Crippen MR) is 92.6 cm³/mol. The molecule has 5 heteroatoms. The standard InChI is InChI=1S/C17H22N4S/c1-17(2,3)21-10-8-12(11-21)15-14(19-16(22)20(15)4)13-7-5-6-9-18-13/h5-11,14-15H,1-4H3,(H,19,22). The van der Waals surface area contributed by atoms with E-state index in [9.17, 15) is 0 Å². The maximum atomic E-state index is 5.46. The third kappa shape index (κ3) is 2.61. The van der Waals surface area contributed by atoms with Gasteiger partial charge in [0.2, 0.25) is 0 Å². The first-order valence-electron chi connectivity index (χ1n) is 7.50. The predicted octanol–water partition coefficient (Wildman–Crippen LogP) is 3.24. The van der Waals surface area contributed by atoms with Crippen molar-refractivity contribution in [2.45, 2.75) is 38.4 Å². The van der Waals surface area contributed by atoms with Gasteiger partial charge in [-0.3, -0.25) is 4.98 Å². The molecule has 0 saturated carbocycles. The molecule has 0 amide bonds. The SMILES string of the molecule is CN1C(=S)NC(c2ccccn2)C1c1ccn(C(C)(C)C)c1. The number of aromatic nitrogens is 2. The Balaban J connectivity index is 1.99. The van der Waals surface area contributed by atoms with Gasteiger partial charge in [0.25, 0.3) is 0 Å². The normalized spacial score (nSPS) is 22.0. The number of nitrogens with zero attached hydrogens (tertiary/aromatic N) is 3. The van der Waals surface area contributed by atoms with E-state index < -0.39 is 0 Å². The third-order valence-electron chi connectivity index (χ3n) is 4.17. The Morgan fingerprint density at radius 2 is 2.00 bits per heavy atom. The zero-order valence-corrected chi connectivity index (χ0v) is 14.3. The van der Waals surface area contributed by atoms with Crippen LogP contribution in [0.5, 0.6) is 0 Å². The van der Waals surface area contributed by atoms with Gasteiger partial charge in [-0.15, -0.1) is 0 Å². The first-order chi connectivity index (χ1) is 10.4. The Hall–Kier alpha value is -1.88. The number of rotatable bonds is 2. The third-order valence-corrected chi connectivity index (χ3v) is 4.58. The number of thiocarbonyl (C=S) groups is 1. The smallest absolute Gasteiger partial charge is 0.169 e. The van der Waals surface area contributed by atoms with Crippen LogP contribution in [0.4, 0.5) is 0 Å². The zero-order chi connectivity index (χ0) is 15.9. The number of hydrogen-bond donors (Lipinski definition) is 1. The molecule has 0 aliphatic carbocycles. The highest BCUT2D eigenvalue weighted by Gasteiger charge is 2.38. The summed E-state index contributed by atoms with van der Waals surface area (Å²) in [7, 11) is 2.04. The van der Waals surface area contributed by atoms with Gasteiger partial charge in [-0.25, -0.2) is 0 Å². The van der Waals surface area contributed by atoms with Crippen molar-refractivity contribution in [3.8, 4) is 0 Å². The van der Waals surface area contributed by atoms with Gasteiger partial charge in [-0.05, 0) is 56.8 Å². The van der Waals surface area contributed by atoms with E-state index in [2.05, 4.69) is 59.0 Å². The van der Waals surface area contributed by atoms with E-state index >= 15 is 0 Å². The monoisotopic (exact) mass is 314 g/mol. The Kier molecular flexibility index (Phi) is 3.68. The lowest BCUT2D eigenvalue weighted by Gasteiger charge is -2.24. The molecule has 0 bridgehead atoms. The molecule has 2 atom stereocenters. The van der Waals surface area contributed by atoms with E-state index in [1.165, 1.54) is 5.56 Å². The molecule has 1 aliphatic rings. The second-order valence-electron chi connectivity index (χ2n) is 6.76. The molecule has 1 N–H and O–H groups in total. The average molecular weight is 314 g/mol. The van der Waals surface area contributed by atoms with E-state index in [1.807, 2.05) is 31.4 Å². The molecule has 3 heterocycles. The Labute approximate surface area is 137 Å². The van der Waals surface area contributed by atoms with E-state index in [-0.39, 0.29) is 17.6 Å². The minimum absolute atomic E-state index is 0.0733. The first kappa shape index (κ1) is 15.0. The molecule has 116 valence electrons. The number of hydrogen-bond acceptors (Lipinski definition) is 2. The van der Waals surface area contributed by atoms with Crippen LogP contribution >= 0.6 is 12.2 Å². The highest BCUT2D eigenvalue weighted by Crippen LogP contribution is 2.37. The first-order valence-corrected chi connectivity index (χ1v) is 7.91. The molecule has 2 unspecified atom stereocenters. The lowest BCUT2D eigenvalue weighted by atomic mass is 9.99. The molecule has 2 aromatic heterocycles. The van der Waals surface area contributed by atoms with Crippen LogP contribution in [0.2, 0.25) is 0 Å². The number of pyridine rings is 1. The van der Waals surface area contributed by atoms with Crippen molar-refractivity contribution >= 4 is 17.3 Å². The molecule has 2 aromatic rings. The molecule has 1 aliphatic heterocycles. The molecule has 22 heavy (non-hydrogen) atoms. The van der Waals surface area contributed by atoms with E-state index in [0.29, 0.717) is 0 Å². The summed E-state index contributed by atoms with van der Waals surface area (Å²) in [6.45, 7) is 6.61. The van der Waals surface area contributed by atoms with Crippen LogP contribution in [0.1, 0.15) is 44.1 Å². The summed E-state index contributed by atoms with van der Waals surface area (Å²) in [5.41, 5.74) is 2.34. The number of nitrogens with one attached hydrogen (secondary N) is 1. The lowest BCUT2D eigenvalue weighted by molar-refractivity contribution is 0.362. The second kappa shape index (κ2) is 5.39. The van der Waals surface area contributed by atoms with Gasteiger partial charge in [0, 0.05) is 31.2 Å². The van der Waals surface area contributed by atoms with Crippen molar-refractivity contribution in [1.82, 2.24) is 19.8 Å². The van der Waals surface area contributed by atoms with Gasteiger partial charge in [0.05, 0.1) is 17.8 Å². The van der Waals surface area contributed by atoms with Gasteiger partial charge < -0.3 is 14.8 Å². The van der Waals surface area contributed by atoms with Crippen LogP contribution in [0.25, 0.3) is 0 Å². The molecule has 4 nitrogen and oxygen atoms in total. The summed E-state index contributed by atoms with van der Waals surface area (Å²) in [6, 6.07) is 8.42. The van der Waals surface area contributed by atoms with Gasteiger partial charge in [0.15, 0.2) is 5.11 Å². The van der Waals surface area contributed by atoms with E-state index in [0.717, 1.165) is 10.8 Å². The highest BCUT2D eigenvalue weighted by atomic mass is 32.1. The Morgan fingerprint density at radius 3 is 2.59 bits per heavy atom. The van der Waals surface area contributed by atoms with Crippen molar-refractivity contribution in [2.24, 2.45) is 0 Å². The van der Waals surface area contributed by atoms with Crippen LogP contribution in [-0.2, 0) is 5.54 Å². The maximum Gasteiger partial charge on any atom is 0.169 e. The van der Waals surface area contributed by atoms with Gasteiger partial charge >= 0.3 is 0 Å². The van der Waals surface area contributed by atoms with Gasteiger partial charge in [-0.1, -0.05) is 6.07 Å². The molecule has 0 radical (unpaired) electrons. The quantitative estimate of drug-likeness (QED) is 0.863. The minimum Gasteiger partial charge on any atom is -0.352 e. The molecule has 1 fully saturated rings. The maximum absolute atomic E-state index is 5.46. The molecule has 1 saturated heterocycles. The molecule has 3 rings (SSSR count). The van der Waals surface area contributed by atoms with E-state index in [4.69, 9.17) is 12.2 Å². The molecule has 0 aromatic carbocycles. The molecule has 0 spiro atoms. The van der Waals surface area contributed by atoms with Crippen LogP contribution < -0.4 is 5.32 Å². The fourth-order valence-electron chi connectivity index (χ4n) is 2.88. The summed E-state index contributed by atoms with van der Waals surface area (Å²) in [6.07, 6.45) is 6.18. The summed E-state index contributed by atoms with van der Waals surface area (Å²) >= 11 is 5.46. The van der Waals surface area contributed by atoms with Crippen molar-refractivity contribution in [1.29, 1.82) is 0 Å². The van der Waals surface area contributed by atoms with Crippen LogP contribution in [0.15, 0.2) is 42.9 Å². The fourth-order valence-corrected chi connectivity index (χ4v) is 3.12. The largest absolute Gasteiger partial charge is 0.352 e. The Morgan fingerprint density at radius 1 is 1.23 bits per heavy atom. The number of likely N-dealkylation sites (N-methyl/N-ethyl adjacent to an activating group) is 1. The summed E-state index contributed by atoms with van der Waals surface area (Å²) < 4.78 is 2.24. The van der Waals surface area contributed by atoms with Gasteiger partial charge in [0.1, 0.15) is 0 Å². The lowest BCUT2D eigenvalue weighted by Crippen LogP contribution is -2.25. The van der Waals surface area contributed by atoms with Crippen LogP contribution in [-0.4, -0.2) is 26.6 Å². The van der Waals surface area contributed by atoms with Crippen molar-refractivity contribution < 1.29 is 0 Å². The average Bonchev–Trinajstić information content (AvgIpc) is 3.06. The van der Waals surface area contributed by atoms with Crippen molar-refractivity contribution in [3.05, 3.63) is 54.1 Å². The summed E-state index contributed by atoms with van der Waals surface area (Å²) in [5, 5.41) is 4.17. The zero-order valence-electron chi connectivity index (χ0n) is 13.4. The minimum atomic E-state index is 0.0733. The van der Waals surface area contributed by atoms with E-state index in [1.54, 1.807) is 0 Å². The van der Waals surface area contributed by atoms with Crippen LogP contribution in [0.3, 0.4) is 0 Å². The van der Waals surface area contributed by atoms with Crippen LogP contribution in [0, 0.1) is 0 Å². The fraction of sp³-hybridized carbons (Fsp3) is 0.412. The van der Waals surface area contributed by atoms with Crippen molar-refractivity contribution in [2.75, 3.05) is 7.05 Å². The summed E-state index contributed by atoms with van der Waals surface area (Å²) in [4.78, 5) is 6.63. The molecular formula is C17H22N4S. The highest BCUT2D eigenvalue weighted by molar-refractivity contribution is 7.80. The molecular weight excluding hydrogens is 292 g/mol. The van der Waals surface area contributed by atoms with Gasteiger partial charge in [-0.2, -0.15) is 0 Å².